The summed E-state index contributed by atoms with van der Waals surface area (Å²) in [6, 6.07) is 11.3. The van der Waals surface area contributed by atoms with Crippen LogP contribution in [0.2, 0.25) is 5.02 Å². The molecule has 0 radical (unpaired) electrons. The fourth-order valence-corrected chi connectivity index (χ4v) is 4.17. The molecule has 0 bridgehead atoms. The SMILES string of the molecule is Cn1cc(-c2ccc3c(=O)n(C)cc(-c4cc(CCN[SH](=O)=O)ccc4Cl)c3c2)cn1. The average molecular weight is 457 g/mol. The summed E-state index contributed by atoms with van der Waals surface area (Å²) in [5, 5.41) is 6.18. The summed E-state index contributed by atoms with van der Waals surface area (Å²) >= 11 is 6.55. The molecule has 2 aromatic heterocycles. The van der Waals surface area contributed by atoms with E-state index in [9.17, 15) is 13.2 Å². The van der Waals surface area contributed by atoms with E-state index in [2.05, 4.69) is 9.82 Å². The first-order valence-corrected chi connectivity index (χ1v) is 11.2. The molecule has 31 heavy (non-hydrogen) atoms. The quantitative estimate of drug-likeness (QED) is 0.437. The lowest BCUT2D eigenvalue weighted by Gasteiger charge is -2.13. The van der Waals surface area contributed by atoms with Crippen LogP contribution in [-0.4, -0.2) is 29.3 Å². The highest BCUT2D eigenvalue weighted by atomic mass is 35.5. The van der Waals surface area contributed by atoms with Gasteiger partial charge in [0.2, 0.25) is 10.9 Å². The zero-order chi connectivity index (χ0) is 22.1. The lowest BCUT2D eigenvalue weighted by molar-refractivity contribution is 0.602. The molecule has 0 aliphatic rings. The predicted molar refractivity (Wildman–Crippen MR) is 124 cm³/mol. The number of hydrogen-bond acceptors (Lipinski definition) is 4. The number of aromatic nitrogens is 3. The van der Waals surface area contributed by atoms with Crippen LogP contribution in [0.25, 0.3) is 33.0 Å². The minimum absolute atomic E-state index is 0.0905. The highest BCUT2D eigenvalue weighted by Crippen LogP contribution is 2.35. The fraction of sp³-hybridized carbons (Fsp3) is 0.182. The molecule has 2 heterocycles. The van der Waals surface area contributed by atoms with E-state index in [1.807, 2.05) is 43.6 Å². The highest BCUT2D eigenvalue weighted by Gasteiger charge is 2.14. The van der Waals surface area contributed by atoms with Gasteiger partial charge in [-0.3, -0.25) is 9.48 Å². The van der Waals surface area contributed by atoms with E-state index in [0.29, 0.717) is 23.4 Å². The van der Waals surface area contributed by atoms with Crippen LogP contribution in [-0.2, 0) is 31.4 Å². The van der Waals surface area contributed by atoms with Gasteiger partial charge >= 0.3 is 0 Å². The Morgan fingerprint density at radius 3 is 2.52 bits per heavy atom. The van der Waals surface area contributed by atoms with Crippen molar-refractivity contribution in [1.82, 2.24) is 19.1 Å². The minimum Gasteiger partial charge on any atom is -0.317 e. The number of fused-ring (bicyclic) bond motifs is 1. The number of nitrogens with one attached hydrogen (secondary N) is 1. The van der Waals surface area contributed by atoms with Gasteiger partial charge in [-0.1, -0.05) is 23.7 Å². The lowest BCUT2D eigenvalue weighted by atomic mass is 9.96. The van der Waals surface area contributed by atoms with Gasteiger partial charge in [0.1, 0.15) is 0 Å². The summed E-state index contributed by atoms with van der Waals surface area (Å²) in [5.74, 6) is 0. The summed E-state index contributed by atoms with van der Waals surface area (Å²) in [5.41, 5.74) is 4.37. The van der Waals surface area contributed by atoms with Gasteiger partial charge in [0, 0.05) is 60.1 Å². The van der Waals surface area contributed by atoms with E-state index in [0.717, 1.165) is 33.2 Å². The molecule has 0 unspecified atom stereocenters. The Labute approximate surface area is 186 Å². The van der Waals surface area contributed by atoms with Crippen molar-refractivity contribution >= 4 is 33.3 Å². The largest absolute Gasteiger partial charge is 0.317 e. The van der Waals surface area contributed by atoms with Gasteiger partial charge in [0.25, 0.3) is 5.56 Å². The van der Waals surface area contributed by atoms with E-state index >= 15 is 0 Å². The molecule has 9 heteroatoms. The number of thiol groups is 1. The van der Waals surface area contributed by atoms with Crippen molar-refractivity contribution in [2.45, 2.75) is 6.42 Å². The molecule has 0 saturated carbocycles. The number of rotatable bonds is 6. The Kier molecular flexibility index (Phi) is 5.95. The lowest BCUT2D eigenvalue weighted by Crippen LogP contribution is -2.16. The van der Waals surface area contributed by atoms with Crippen LogP contribution in [0.5, 0.6) is 0 Å². The van der Waals surface area contributed by atoms with Crippen molar-refractivity contribution < 1.29 is 8.42 Å². The summed E-state index contributed by atoms with van der Waals surface area (Å²) in [4.78, 5) is 12.8. The molecule has 4 aromatic rings. The highest BCUT2D eigenvalue weighted by molar-refractivity contribution is 7.70. The molecule has 0 atom stereocenters. The van der Waals surface area contributed by atoms with Crippen molar-refractivity contribution in [3.63, 3.8) is 0 Å². The number of nitrogens with zero attached hydrogens (tertiary/aromatic N) is 3. The Hall–Kier alpha value is -2.94. The molecule has 0 amide bonds. The van der Waals surface area contributed by atoms with Crippen molar-refractivity contribution in [2.75, 3.05) is 6.54 Å². The van der Waals surface area contributed by atoms with Crippen LogP contribution in [0.4, 0.5) is 0 Å². The van der Waals surface area contributed by atoms with E-state index in [4.69, 9.17) is 11.6 Å². The molecule has 2 aromatic carbocycles. The normalized spacial score (nSPS) is 11.5. The standard InChI is InChI=1S/C22H21ClN4O3S/c1-26-13-20(19-9-14(3-6-21(19)23)7-8-25-31(29)30)18-10-15(4-5-17(18)22(26)28)16-11-24-27(2)12-16/h3-6,9-13,31H,7-8H2,1-2H3,(H,25,29,30). The Bertz CT molecular complexity index is 1410. The van der Waals surface area contributed by atoms with E-state index < -0.39 is 10.9 Å². The van der Waals surface area contributed by atoms with Crippen LogP contribution < -0.4 is 10.3 Å². The summed E-state index contributed by atoms with van der Waals surface area (Å²) < 4.78 is 27.2. The third-order valence-corrected chi connectivity index (χ3v) is 6.01. The van der Waals surface area contributed by atoms with E-state index in [-0.39, 0.29) is 5.56 Å². The predicted octanol–water partition coefficient (Wildman–Crippen LogP) is 2.92. The molecule has 160 valence electrons. The van der Waals surface area contributed by atoms with E-state index in [1.54, 1.807) is 34.8 Å². The molecule has 1 N–H and O–H groups in total. The third-order valence-electron chi connectivity index (χ3n) is 5.20. The zero-order valence-electron chi connectivity index (χ0n) is 17.0. The average Bonchev–Trinajstić information content (AvgIpc) is 3.18. The smallest absolute Gasteiger partial charge is 0.258 e. The Balaban J connectivity index is 1.88. The first-order valence-electron chi connectivity index (χ1n) is 9.62. The molecule has 0 spiro atoms. The van der Waals surface area contributed by atoms with Gasteiger partial charge in [-0.05, 0) is 47.2 Å². The van der Waals surface area contributed by atoms with Crippen LogP contribution in [0.1, 0.15) is 5.56 Å². The first-order chi connectivity index (χ1) is 14.8. The van der Waals surface area contributed by atoms with Crippen molar-refractivity contribution in [3.05, 3.63) is 75.9 Å². The first kappa shape index (κ1) is 21.3. The summed E-state index contributed by atoms with van der Waals surface area (Å²) in [7, 11) is 0.940. The molecule has 0 aliphatic carbocycles. The van der Waals surface area contributed by atoms with Gasteiger partial charge in [0.05, 0.1) is 6.20 Å². The molecule has 0 fully saturated rings. The second kappa shape index (κ2) is 8.66. The van der Waals surface area contributed by atoms with Crippen LogP contribution in [0, 0.1) is 0 Å². The minimum atomic E-state index is -2.63. The maximum absolute atomic E-state index is 12.8. The van der Waals surface area contributed by atoms with Crippen LogP contribution in [0.15, 0.2) is 59.8 Å². The molecule has 0 aliphatic heterocycles. The third kappa shape index (κ3) is 4.41. The van der Waals surface area contributed by atoms with Gasteiger partial charge in [0.15, 0.2) is 0 Å². The summed E-state index contributed by atoms with van der Waals surface area (Å²) in [6.07, 6.45) is 6.01. The Morgan fingerprint density at radius 1 is 1.00 bits per heavy atom. The van der Waals surface area contributed by atoms with Gasteiger partial charge < -0.3 is 4.57 Å². The van der Waals surface area contributed by atoms with Gasteiger partial charge in [-0.15, -0.1) is 0 Å². The number of benzene rings is 2. The van der Waals surface area contributed by atoms with Crippen LogP contribution in [0.3, 0.4) is 0 Å². The Morgan fingerprint density at radius 2 is 1.81 bits per heavy atom. The van der Waals surface area contributed by atoms with E-state index in [1.165, 1.54) is 0 Å². The topological polar surface area (TPSA) is 86.0 Å². The number of aryl methyl sites for hydroxylation is 2. The zero-order valence-corrected chi connectivity index (χ0v) is 18.7. The number of halogens is 1. The monoisotopic (exact) mass is 456 g/mol. The van der Waals surface area contributed by atoms with Gasteiger partial charge in [-0.2, -0.15) is 5.10 Å². The van der Waals surface area contributed by atoms with Gasteiger partial charge in [-0.25, -0.2) is 13.1 Å². The van der Waals surface area contributed by atoms with Crippen LogP contribution >= 0.6 is 11.6 Å². The maximum atomic E-state index is 12.8. The van der Waals surface area contributed by atoms with Crippen molar-refractivity contribution in [3.8, 4) is 22.3 Å². The van der Waals surface area contributed by atoms with Crippen molar-refractivity contribution in [1.29, 1.82) is 0 Å². The molecule has 0 saturated heterocycles. The molecule has 4 rings (SSSR count). The number of pyridine rings is 1. The fourth-order valence-electron chi connectivity index (χ4n) is 3.66. The molecule has 7 nitrogen and oxygen atoms in total. The second-order valence-electron chi connectivity index (χ2n) is 7.35. The molecular formula is C22H21ClN4O3S. The summed E-state index contributed by atoms with van der Waals surface area (Å²) in [6.45, 7) is 0.305. The number of hydrogen-bond donors (Lipinski definition) is 2. The maximum Gasteiger partial charge on any atom is 0.258 e. The van der Waals surface area contributed by atoms with Crippen molar-refractivity contribution in [2.24, 2.45) is 14.1 Å². The second-order valence-corrected chi connectivity index (χ2v) is 8.59. The molecular weight excluding hydrogens is 436 g/mol.